The van der Waals surface area contributed by atoms with Crippen LogP contribution in [0.2, 0.25) is 0 Å². The fourth-order valence-corrected chi connectivity index (χ4v) is 4.98. The van der Waals surface area contributed by atoms with Crippen LogP contribution in [0.5, 0.6) is 5.75 Å². The minimum Gasteiger partial charge on any atom is -0.497 e. The van der Waals surface area contributed by atoms with Gasteiger partial charge in [0, 0.05) is 17.7 Å². The molecule has 0 amide bonds. The van der Waals surface area contributed by atoms with Crippen molar-refractivity contribution in [1.29, 1.82) is 0 Å². The molecule has 2 heterocycles. The van der Waals surface area contributed by atoms with Crippen molar-refractivity contribution in [2.75, 3.05) is 17.7 Å². The molecule has 0 spiro atoms. The number of hydrogen-bond acceptors (Lipinski definition) is 5. The SMILES string of the molecule is COc1ccc([C@H]2CC(=O)C3=C(C2)Nc2ccccc2N[C@H]3c2ccsc2)cc1. The van der Waals surface area contributed by atoms with Gasteiger partial charge in [0.2, 0.25) is 0 Å². The van der Waals surface area contributed by atoms with Crippen molar-refractivity contribution >= 4 is 28.5 Å². The first-order valence-corrected chi connectivity index (χ1v) is 10.7. The van der Waals surface area contributed by atoms with Crippen molar-refractivity contribution in [3.63, 3.8) is 0 Å². The molecule has 2 atom stereocenters. The van der Waals surface area contributed by atoms with E-state index in [-0.39, 0.29) is 17.7 Å². The Kier molecular flexibility index (Phi) is 4.60. The second-order valence-corrected chi connectivity index (χ2v) is 8.28. The van der Waals surface area contributed by atoms with E-state index in [0.717, 1.165) is 40.4 Å². The molecule has 3 aromatic rings. The van der Waals surface area contributed by atoms with Crippen molar-refractivity contribution in [1.82, 2.24) is 0 Å². The third-order valence-corrected chi connectivity index (χ3v) is 6.47. The van der Waals surface area contributed by atoms with Gasteiger partial charge in [-0.25, -0.2) is 0 Å². The van der Waals surface area contributed by atoms with Gasteiger partial charge in [-0.2, -0.15) is 11.3 Å². The highest BCUT2D eigenvalue weighted by Gasteiger charge is 2.36. The van der Waals surface area contributed by atoms with Crippen LogP contribution >= 0.6 is 11.3 Å². The Morgan fingerprint density at radius 1 is 0.966 bits per heavy atom. The lowest BCUT2D eigenvalue weighted by atomic mass is 9.79. The van der Waals surface area contributed by atoms with Crippen LogP contribution in [0.25, 0.3) is 0 Å². The lowest BCUT2D eigenvalue weighted by Gasteiger charge is -2.29. The first-order valence-electron chi connectivity index (χ1n) is 9.78. The Balaban J connectivity index is 1.56. The number of carbonyl (C=O) groups excluding carboxylic acids is 1. The zero-order valence-electron chi connectivity index (χ0n) is 16.1. The summed E-state index contributed by atoms with van der Waals surface area (Å²) in [5.74, 6) is 1.20. The molecule has 2 aromatic carbocycles. The fraction of sp³-hybridized carbons (Fsp3) is 0.208. The van der Waals surface area contributed by atoms with Crippen LogP contribution in [-0.4, -0.2) is 12.9 Å². The van der Waals surface area contributed by atoms with Crippen LogP contribution in [-0.2, 0) is 4.79 Å². The highest BCUT2D eigenvalue weighted by molar-refractivity contribution is 7.08. The Labute approximate surface area is 174 Å². The van der Waals surface area contributed by atoms with Gasteiger partial charge in [-0.3, -0.25) is 4.79 Å². The molecule has 29 heavy (non-hydrogen) atoms. The number of allylic oxidation sites excluding steroid dienone is 1. The fourth-order valence-electron chi connectivity index (χ4n) is 4.29. The summed E-state index contributed by atoms with van der Waals surface area (Å²) >= 11 is 1.66. The van der Waals surface area contributed by atoms with Crippen molar-refractivity contribution in [3.8, 4) is 5.75 Å². The molecule has 2 N–H and O–H groups in total. The summed E-state index contributed by atoms with van der Waals surface area (Å²) in [6.07, 6.45) is 1.33. The number of fused-ring (bicyclic) bond motifs is 1. The predicted molar refractivity (Wildman–Crippen MR) is 118 cm³/mol. The van der Waals surface area contributed by atoms with Crippen molar-refractivity contribution < 1.29 is 9.53 Å². The molecule has 0 saturated carbocycles. The van der Waals surface area contributed by atoms with Gasteiger partial charge in [-0.05, 0) is 64.6 Å². The summed E-state index contributed by atoms with van der Waals surface area (Å²) in [5.41, 5.74) is 6.23. The molecule has 1 aromatic heterocycles. The van der Waals surface area contributed by atoms with Crippen LogP contribution < -0.4 is 15.4 Å². The highest BCUT2D eigenvalue weighted by Crippen LogP contribution is 2.44. The van der Waals surface area contributed by atoms with Crippen LogP contribution in [0.1, 0.15) is 35.9 Å². The van der Waals surface area contributed by atoms with Gasteiger partial charge < -0.3 is 15.4 Å². The van der Waals surface area contributed by atoms with E-state index in [1.54, 1.807) is 18.4 Å². The average molecular weight is 403 g/mol. The minimum atomic E-state index is -0.128. The number of rotatable bonds is 3. The molecular weight excluding hydrogens is 380 g/mol. The number of methoxy groups -OCH3 is 1. The number of ether oxygens (including phenoxy) is 1. The minimum absolute atomic E-state index is 0.128. The van der Waals surface area contributed by atoms with E-state index in [0.29, 0.717) is 6.42 Å². The lowest BCUT2D eigenvalue weighted by Crippen LogP contribution is -2.26. The molecule has 0 radical (unpaired) electrons. The Hall–Kier alpha value is -3.05. The first-order chi connectivity index (χ1) is 14.2. The number of para-hydroxylation sites is 2. The van der Waals surface area contributed by atoms with Gasteiger partial charge in [0.05, 0.1) is 24.5 Å². The number of nitrogens with one attached hydrogen (secondary N) is 2. The van der Waals surface area contributed by atoms with E-state index >= 15 is 0 Å². The number of hydrogen-bond donors (Lipinski definition) is 2. The van der Waals surface area contributed by atoms with Gasteiger partial charge in [0.1, 0.15) is 5.75 Å². The van der Waals surface area contributed by atoms with Gasteiger partial charge in [0.15, 0.2) is 5.78 Å². The van der Waals surface area contributed by atoms with Crippen LogP contribution in [0.4, 0.5) is 11.4 Å². The summed E-state index contributed by atoms with van der Waals surface area (Å²) < 4.78 is 5.28. The largest absolute Gasteiger partial charge is 0.497 e. The van der Waals surface area contributed by atoms with Gasteiger partial charge in [-0.1, -0.05) is 24.3 Å². The molecule has 1 aliphatic carbocycles. The summed E-state index contributed by atoms with van der Waals surface area (Å²) in [6.45, 7) is 0. The van der Waals surface area contributed by atoms with E-state index in [4.69, 9.17) is 4.74 Å². The van der Waals surface area contributed by atoms with E-state index < -0.39 is 0 Å². The molecule has 0 unspecified atom stereocenters. The number of anilines is 2. The maximum Gasteiger partial charge on any atom is 0.163 e. The van der Waals surface area contributed by atoms with Crippen molar-refractivity contribution in [2.24, 2.45) is 0 Å². The number of thiophene rings is 1. The van der Waals surface area contributed by atoms with E-state index in [1.165, 1.54) is 5.56 Å². The van der Waals surface area contributed by atoms with E-state index in [9.17, 15) is 4.79 Å². The zero-order chi connectivity index (χ0) is 19.8. The van der Waals surface area contributed by atoms with Crippen LogP contribution in [0.3, 0.4) is 0 Å². The maximum atomic E-state index is 13.4. The molecule has 2 aliphatic rings. The maximum absolute atomic E-state index is 13.4. The Morgan fingerprint density at radius 3 is 2.48 bits per heavy atom. The number of carbonyl (C=O) groups is 1. The Bertz CT molecular complexity index is 1070. The molecule has 5 heteroatoms. The van der Waals surface area contributed by atoms with Crippen molar-refractivity contribution in [3.05, 3.63) is 87.8 Å². The topological polar surface area (TPSA) is 50.4 Å². The average Bonchev–Trinajstić information content (AvgIpc) is 3.22. The molecule has 146 valence electrons. The molecule has 0 fully saturated rings. The number of Topliss-reactive ketones (excluding diaryl/α,β-unsaturated/α-hetero) is 1. The van der Waals surface area contributed by atoms with E-state index in [1.807, 2.05) is 24.3 Å². The Morgan fingerprint density at radius 2 is 1.76 bits per heavy atom. The summed E-state index contributed by atoms with van der Waals surface area (Å²) in [7, 11) is 1.67. The molecule has 0 bridgehead atoms. The number of ketones is 1. The molecule has 5 rings (SSSR count). The highest BCUT2D eigenvalue weighted by atomic mass is 32.1. The second kappa shape index (κ2) is 7.41. The summed E-state index contributed by atoms with van der Waals surface area (Å²) in [4.78, 5) is 13.4. The molecular formula is C24H22N2O2S. The molecule has 1 aliphatic heterocycles. The third kappa shape index (κ3) is 3.32. The predicted octanol–water partition coefficient (Wildman–Crippen LogP) is 5.74. The van der Waals surface area contributed by atoms with Gasteiger partial charge in [0.25, 0.3) is 0 Å². The standard InChI is InChI=1S/C24H22N2O2S/c1-28-18-8-6-15(7-9-18)17-12-21-23(22(27)13-17)24(16-10-11-29-14-16)26-20-5-3-2-4-19(20)25-21/h2-11,14,17,24-26H,12-13H2,1H3/t17-,24+/m1/s1. The first kappa shape index (κ1) is 18.0. The smallest absolute Gasteiger partial charge is 0.163 e. The third-order valence-electron chi connectivity index (χ3n) is 5.77. The monoisotopic (exact) mass is 402 g/mol. The van der Waals surface area contributed by atoms with Crippen LogP contribution in [0.15, 0.2) is 76.6 Å². The quantitative estimate of drug-likeness (QED) is 0.587. The van der Waals surface area contributed by atoms with Gasteiger partial charge in [-0.15, -0.1) is 0 Å². The number of benzene rings is 2. The second-order valence-electron chi connectivity index (χ2n) is 7.50. The van der Waals surface area contributed by atoms with Crippen molar-refractivity contribution in [2.45, 2.75) is 24.8 Å². The normalized spacial score (nSPS) is 20.8. The van der Waals surface area contributed by atoms with E-state index in [2.05, 4.69) is 51.7 Å². The summed E-state index contributed by atoms with van der Waals surface area (Å²) in [6, 6.07) is 18.2. The van der Waals surface area contributed by atoms with Crippen LogP contribution in [0, 0.1) is 0 Å². The summed E-state index contributed by atoms with van der Waals surface area (Å²) in [5, 5.41) is 11.4. The molecule has 4 nitrogen and oxygen atoms in total. The molecule has 0 saturated heterocycles. The lowest BCUT2D eigenvalue weighted by molar-refractivity contribution is -0.116. The zero-order valence-corrected chi connectivity index (χ0v) is 17.0. The van der Waals surface area contributed by atoms with Gasteiger partial charge >= 0.3 is 0 Å².